The van der Waals surface area contributed by atoms with E-state index in [9.17, 15) is 13.2 Å². The van der Waals surface area contributed by atoms with Gasteiger partial charge in [0.15, 0.2) is 0 Å². The molecular weight excluding hydrogens is 239 g/mol. The topological polar surface area (TPSA) is 26.0 Å². The van der Waals surface area contributed by atoms with E-state index in [0.29, 0.717) is 11.1 Å². The van der Waals surface area contributed by atoms with E-state index in [1.165, 1.54) is 19.1 Å². The Kier molecular flexibility index (Phi) is 3.39. The third-order valence-corrected chi connectivity index (χ3v) is 2.83. The van der Waals surface area contributed by atoms with Crippen LogP contribution >= 0.6 is 0 Å². The quantitative estimate of drug-likeness (QED) is 0.868. The number of aryl methyl sites for hydroxylation is 1. The van der Waals surface area contributed by atoms with Crippen molar-refractivity contribution in [3.63, 3.8) is 0 Å². The number of nitrogens with two attached hydrogens (primary N) is 1. The Morgan fingerprint density at radius 3 is 2.28 bits per heavy atom. The summed E-state index contributed by atoms with van der Waals surface area (Å²) in [4.78, 5) is 0. The fraction of sp³-hybridized carbons (Fsp3) is 0.143. The van der Waals surface area contributed by atoms with Gasteiger partial charge < -0.3 is 5.73 Å². The van der Waals surface area contributed by atoms with Gasteiger partial charge in [0.05, 0.1) is 0 Å². The van der Waals surface area contributed by atoms with Crippen LogP contribution in [-0.4, -0.2) is 0 Å². The molecule has 1 nitrogen and oxygen atoms in total. The van der Waals surface area contributed by atoms with Gasteiger partial charge in [0, 0.05) is 17.7 Å². The van der Waals surface area contributed by atoms with E-state index >= 15 is 0 Å². The Bertz CT molecular complexity index is 594. The number of hydrogen-bond donors (Lipinski definition) is 1. The van der Waals surface area contributed by atoms with Crippen molar-refractivity contribution in [3.8, 4) is 11.1 Å². The van der Waals surface area contributed by atoms with Gasteiger partial charge >= 0.3 is 0 Å². The first-order valence-electron chi connectivity index (χ1n) is 5.47. The molecule has 0 heterocycles. The summed E-state index contributed by atoms with van der Waals surface area (Å²) in [6.07, 6.45) is 0. The van der Waals surface area contributed by atoms with Gasteiger partial charge in [-0.05, 0) is 36.2 Å². The van der Waals surface area contributed by atoms with Crippen LogP contribution in [0.3, 0.4) is 0 Å². The van der Waals surface area contributed by atoms with Crippen LogP contribution in [-0.2, 0) is 6.54 Å². The second kappa shape index (κ2) is 4.82. The first-order valence-corrected chi connectivity index (χ1v) is 5.47. The summed E-state index contributed by atoms with van der Waals surface area (Å²) in [7, 11) is 0. The molecule has 18 heavy (non-hydrogen) atoms. The number of hydrogen-bond acceptors (Lipinski definition) is 1. The van der Waals surface area contributed by atoms with E-state index in [1.807, 2.05) is 0 Å². The highest BCUT2D eigenvalue weighted by atomic mass is 19.1. The van der Waals surface area contributed by atoms with Gasteiger partial charge in [-0.15, -0.1) is 0 Å². The molecule has 0 amide bonds. The van der Waals surface area contributed by atoms with Crippen LogP contribution in [0.5, 0.6) is 0 Å². The summed E-state index contributed by atoms with van der Waals surface area (Å²) in [5.74, 6) is -1.61. The summed E-state index contributed by atoms with van der Waals surface area (Å²) < 4.78 is 40.7. The molecule has 0 bridgehead atoms. The van der Waals surface area contributed by atoms with Crippen LogP contribution < -0.4 is 5.73 Å². The Hall–Kier alpha value is -1.81. The molecule has 2 aromatic rings. The fourth-order valence-corrected chi connectivity index (χ4v) is 1.75. The van der Waals surface area contributed by atoms with Gasteiger partial charge in [-0.1, -0.05) is 12.1 Å². The molecule has 4 heteroatoms. The van der Waals surface area contributed by atoms with Gasteiger partial charge in [-0.25, -0.2) is 13.2 Å². The molecule has 0 fully saturated rings. The Labute approximate surface area is 103 Å². The lowest BCUT2D eigenvalue weighted by atomic mass is 10.0. The lowest BCUT2D eigenvalue weighted by Gasteiger charge is -2.07. The monoisotopic (exact) mass is 251 g/mol. The van der Waals surface area contributed by atoms with Gasteiger partial charge in [-0.2, -0.15) is 0 Å². The summed E-state index contributed by atoms with van der Waals surface area (Å²) in [6.45, 7) is 1.54. The molecule has 2 aromatic carbocycles. The van der Waals surface area contributed by atoms with E-state index < -0.39 is 17.5 Å². The van der Waals surface area contributed by atoms with Crippen molar-refractivity contribution in [2.75, 3.05) is 0 Å². The predicted octanol–water partition coefficient (Wildman–Crippen LogP) is 3.54. The van der Waals surface area contributed by atoms with E-state index in [-0.39, 0.29) is 17.7 Å². The average molecular weight is 251 g/mol. The van der Waals surface area contributed by atoms with Crippen molar-refractivity contribution >= 4 is 0 Å². The van der Waals surface area contributed by atoms with Crippen LogP contribution in [0, 0.1) is 24.4 Å². The number of rotatable bonds is 2. The molecule has 94 valence electrons. The van der Waals surface area contributed by atoms with Gasteiger partial charge in [0.1, 0.15) is 17.5 Å². The second-order valence-electron chi connectivity index (χ2n) is 4.09. The third-order valence-electron chi connectivity index (χ3n) is 2.83. The van der Waals surface area contributed by atoms with Crippen molar-refractivity contribution in [3.05, 3.63) is 58.9 Å². The molecule has 0 atom stereocenters. The smallest absolute Gasteiger partial charge is 0.131 e. The van der Waals surface area contributed by atoms with E-state index in [4.69, 9.17) is 5.73 Å². The molecule has 2 N–H and O–H groups in total. The summed E-state index contributed by atoms with van der Waals surface area (Å²) in [6, 6.07) is 6.33. The highest BCUT2D eigenvalue weighted by molar-refractivity contribution is 5.65. The molecule has 0 saturated heterocycles. The van der Waals surface area contributed by atoms with Crippen LogP contribution in [0.4, 0.5) is 13.2 Å². The van der Waals surface area contributed by atoms with Gasteiger partial charge in [-0.3, -0.25) is 0 Å². The van der Waals surface area contributed by atoms with Crippen LogP contribution in [0.15, 0.2) is 30.3 Å². The zero-order valence-electron chi connectivity index (χ0n) is 9.81. The van der Waals surface area contributed by atoms with Crippen LogP contribution in [0.1, 0.15) is 11.1 Å². The molecule has 2 rings (SSSR count). The molecular formula is C14H12F3N. The Morgan fingerprint density at radius 1 is 0.944 bits per heavy atom. The first-order chi connectivity index (χ1) is 8.52. The van der Waals surface area contributed by atoms with Crippen molar-refractivity contribution in [2.24, 2.45) is 5.73 Å². The molecule has 0 saturated carbocycles. The van der Waals surface area contributed by atoms with Gasteiger partial charge in [0.25, 0.3) is 0 Å². The largest absolute Gasteiger partial charge is 0.326 e. The maximum atomic E-state index is 13.7. The van der Waals surface area contributed by atoms with Crippen LogP contribution in [0.2, 0.25) is 0 Å². The minimum Gasteiger partial charge on any atom is -0.326 e. The highest BCUT2D eigenvalue weighted by Crippen LogP contribution is 2.26. The molecule has 0 aliphatic rings. The zero-order valence-corrected chi connectivity index (χ0v) is 9.81. The minimum atomic E-state index is -0.575. The van der Waals surface area contributed by atoms with Crippen molar-refractivity contribution in [1.29, 1.82) is 0 Å². The SMILES string of the molecule is Cc1cc(F)c(-c2ccc(CN)c(F)c2)cc1F. The van der Waals surface area contributed by atoms with E-state index in [1.54, 1.807) is 0 Å². The summed E-state index contributed by atoms with van der Waals surface area (Å²) in [5.41, 5.74) is 6.23. The molecule has 0 aliphatic heterocycles. The summed E-state index contributed by atoms with van der Waals surface area (Å²) >= 11 is 0. The van der Waals surface area contributed by atoms with Gasteiger partial charge in [0.2, 0.25) is 0 Å². The molecule has 0 aliphatic carbocycles. The van der Waals surface area contributed by atoms with Crippen molar-refractivity contribution < 1.29 is 13.2 Å². The minimum absolute atomic E-state index is 0.0422. The average Bonchev–Trinajstić information content (AvgIpc) is 2.33. The molecule has 0 unspecified atom stereocenters. The maximum absolute atomic E-state index is 13.7. The number of benzene rings is 2. The maximum Gasteiger partial charge on any atom is 0.131 e. The normalized spacial score (nSPS) is 10.7. The lowest BCUT2D eigenvalue weighted by molar-refractivity contribution is 0.594. The van der Waals surface area contributed by atoms with E-state index in [2.05, 4.69) is 0 Å². The highest BCUT2D eigenvalue weighted by Gasteiger charge is 2.11. The fourth-order valence-electron chi connectivity index (χ4n) is 1.75. The van der Waals surface area contributed by atoms with Crippen LogP contribution in [0.25, 0.3) is 11.1 Å². The predicted molar refractivity (Wildman–Crippen MR) is 64.4 cm³/mol. The van der Waals surface area contributed by atoms with E-state index in [0.717, 1.165) is 18.2 Å². The molecule has 0 radical (unpaired) electrons. The van der Waals surface area contributed by atoms with Crippen molar-refractivity contribution in [1.82, 2.24) is 0 Å². The third kappa shape index (κ3) is 2.24. The Morgan fingerprint density at radius 2 is 1.67 bits per heavy atom. The molecule has 0 spiro atoms. The first kappa shape index (κ1) is 12.6. The lowest BCUT2D eigenvalue weighted by Crippen LogP contribution is -2.00. The van der Waals surface area contributed by atoms with Crippen molar-refractivity contribution in [2.45, 2.75) is 13.5 Å². The molecule has 0 aromatic heterocycles. The standard InChI is InChI=1S/C14H12F3N/c1-8-4-14(17)11(6-12(8)15)9-2-3-10(7-18)13(16)5-9/h2-6H,7,18H2,1H3. The second-order valence-corrected chi connectivity index (χ2v) is 4.09. The number of halogens is 3. The summed E-state index contributed by atoms with van der Waals surface area (Å²) in [5, 5.41) is 0. The zero-order chi connectivity index (χ0) is 13.3. The Balaban J connectivity index is 2.55.